The molecule has 1 heterocycles. The Balaban J connectivity index is 1.54. The van der Waals surface area contributed by atoms with Gasteiger partial charge in [-0.1, -0.05) is 54.6 Å². The molecular weight excluding hydrogens is 450 g/mol. The minimum atomic E-state index is -0.733. The van der Waals surface area contributed by atoms with Crippen LogP contribution in [0, 0.1) is 5.41 Å². The number of ether oxygens (including phenoxy) is 2. The predicted octanol–water partition coefficient (Wildman–Crippen LogP) is 5.61. The molecule has 2 atom stereocenters. The normalized spacial score (nSPS) is 12.6. The van der Waals surface area contributed by atoms with Gasteiger partial charge in [0.1, 0.15) is 18.2 Å². The first-order valence-corrected chi connectivity index (χ1v) is 11.5. The van der Waals surface area contributed by atoms with Crippen molar-refractivity contribution in [1.82, 2.24) is 0 Å². The SMILES string of the molecule is CC(O)c1ccccc1NC(=O)OCC(Oc1cccc2sc(C(=N)N)cc12)c1ccccc1. The molecular formula is C26H25N3O4S. The Morgan fingerprint density at radius 2 is 1.82 bits per heavy atom. The second kappa shape index (κ2) is 10.4. The number of nitrogen functional groups attached to an aromatic ring is 1. The van der Waals surface area contributed by atoms with Gasteiger partial charge in [0, 0.05) is 21.3 Å². The van der Waals surface area contributed by atoms with Gasteiger partial charge < -0.3 is 20.3 Å². The molecule has 8 heteroatoms. The zero-order valence-corrected chi connectivity index (χ0v) is 19.3. The number of rotatable bonds is 8. The number of hydrogen-bond donors (Lipinski definition) is 4. The summed E-state index contributed by atoms with van der Waals surface area (Å²) in [5.74, 6) is 0.614. The lowest BCUT2D eigenvalue weighted by Gasteiger charge is -2.21. The molecule has 34 heavy (non-hydrogen) atoms. The van der Waals surface area contributed by atoms with E-state index < -0.39 is 18.3 Å². The number of carbonyl (C=O) groups excluding carboxylic acids is 1. The number of hydrogen-bond acceptors (Lipinski definition) is 6. The van der Waals surface area contributed by atoms with Crippen LogP contribution in [0.2, 0.25) is 0 Å². The topological polar surface area (TPSA) is 118 Å². The molecule has 0 aliphatic carbocycles. The molecule has 0 radical (unpaired) electrons. The van der Waals surface area contributed by atoms with E-state index in [0.29, 0.717) is 21.9 Å². The average molecular weight is 476 g/mol. The van der Waals surface area contributed by atoms with Gasteiger partial charge in [0.15, 0.2) is 6.10 Å². The summed E-state index contributed by atoms with van der Waals surface area (Å²) in [6.45, 7) is 1.60. The number of carbonyl (C=O) groups is 1. The van der Waals surface area contributed by atoms with Gasteiger partial charge in [-0.2, -0.15) is 0 Å². The van der Waals surface area contributed by atoms with Crippen molar-refractivity contribution in [2.75, 3.05) is 11.9 Å². The average Bonchev–Trinajstić information content (AvgIpc) is 3.28. The summed E-state index contributed by atoms with van der Waals surface area (Å²) in [5.41, 5.74) is 7.60. The van der Waals surface area contributed by atoms with Crippen molar-refractivity contribution in [1.29, 1.82) is 5.41 Å². The van der Waals surface area contributed by atoms with Crippen molar-refractivity contribution >= 4 is 39.0 Å². The maximum atomic E-state index is 12.6. The van der Waals surface area contributed by atoms with E-state index in [2.05, 4.69) is 5.32 Å². The number of nitrogens with two attached hydrogens (primary N) is 1. The number of nitrogens with one attached hydrogen (secondary N) is 2. The van der Waals surface area contributed by atoms with Crippen LogP contribution >= 0.6 is 11.3 Å². The highest BCUT2D eigenvalue weighted by Crippen LogP contribution is 2.35. The first-order valence-electron chi connectivity index (χ1n) is 10.7. The van der Waals surface area contributed by atoms with E-state index in [4.69, 9.17) is 20.6 Å². The summed E-state index contributed by atoms with van der Waals surface area (Å²) in [6, 6.07) is 24.0. The smallest absolute Gasteiger partial charge is 0.411 e. The molecule has 0 saturated carbocycles. The Morgan fingerprint density at radius 3 is 2.56 bits per heavy atom. The molecule has 1 aromatic heterocycles. The van der Waals surface area contributed by atoms with E-state index >= 15 is 0 Å². The third kappa shape index (κ3) is 5.36. The molecule has 0 aliphatic rings. The molecule has 1 amide bonds. The molecule has 174 valence electrons. The van der Waals surface area contributed by atoms with E-state index in [1.807, 2.05) is 54.6 Å². The van der Waals surface area contributed by atoms with Gasteiger partial charge in [-0.15, -0.1) is 11.3 Å². The van der Waals surface area contributed by atoms with Crippen LogP contribution in [0.5, 0.6) is 5.75 Å². The van der Waals surface area contributed by atoms with Gasteiger partial charge in [-0.05, 0) is 36.8 Å². The zero-order valence-electron chi connectivity index (χ0n) is 18.5. The molecule has 0 bridgehead atoms. The fourth-order valence-electron chi connectivity index (χ4n) is 3.56. The van der Waals surface area contributed by atoms with Gasteiger partial charge >= 0.3 is 6.09 Å². The molecule has 7 nitrogen and oxygen atoms in total. The molecule has 2 unspecified atom stereocenters. The first kappa shape index (κ1) is 23.3. The maximum Gasteiger partial charge on any atom is 0.411 e. The molecule has 0 spiro atoms. The first-order chi connectivity index (χ1) is 16.4. The molecule has 3 aromatic carbocycles. The molecule has 0 fully saturated rings. The van der Waals surface area contributed by atoms with Crippen molar-refractivity contribution in [3.05, 3.63) is 94.9 Å². The summed E-state index contributed by atoms with van der Waals surface area (Å²) in [6.07, 6.45) is -1.95. The lowest BCUT2D eigenvalue weighted by atomic mass is 10.1. The number of anilines is 1. The summed E-state index contributed by atoms with van der Waals surface area (Å²) in [5, 5.41) is 21.2. The van der Waals surface area contributed by atoms with Gasteiger partial charge in [0.05, 0.1) is 11.0 Å². The van der Waals surface area contributed by atoms with Crippen LogP contribution in [0.4, 0.5) is 10.5 Å². The van der Waals surface area contributed by atoms with Gasteiger partial charge in [-0.3, -0.25) is 10.7 Å². The quantitative estimate of drug-likeness (QED) is 0.195. The van der Waals surface area contributed by atoms with Crippen molar-refractivity contribution in [3.8, 4) is 5.75 Å². The standard InChI is InChI=1S/C26H25N3O4S/c1-16(30)18-10-5-6-11-20(18)29-26(31)32-15-22(17-8-3-2-4-9-17)33-21-12-7-13-23-19(21)14-24(34-23)25(27)28/h2-14,16,22,30H,15H2,1H3,(H3,27,28)(H,29,31). The van der Waals surface area contributed by atoms with E-state index in [0.717, 1.165) is 15.6 Å². The van der Waals surface area contributed by atoms with E-state index in [1.54, 1.807) is 31.2 Å². The third-order valence-electron chi connectivity index (χ3n) is 5.24. The molecule has 4 rings (SSSR count). The summed E-state index contributed by atoms with van der Waals surface area (Å²) >= 11 is 1.42. The predicted molar refractivity (Wildman–Crippen MR) is 135 cm³/mol. The molecule has 5 N–H and O–H groups in total. The van der Waals surface area contributed by atoms with Crippen LogP contribution in [0.15, 0.2) is 78.9 Å². The lowest BCUT2D eigenvalue weighted by molar-refractivity contribution is 0.0909. The Morgan fingerprint density at radius 1 is 1.09 bits per heavy atom. The minimum Gasteiger partial charge on any atom is -0.481 e. The van der Waals surface area contributed by atoms with E-state index in [1.165, 1.54) is 11.3 Å². The lowest BCUT2D eigenvalue weighted by Crippen LogP contribution is -2.21. The van der Waals surface area contributed by atoms with Crippen LogP contribution in [0.25, 0.3) is 10.1 Å². The summed E-state index contributed by atoms with van der Waals surface area (Å²) in [4.78, 5) is 13.2. The van der Waals surface area contributed by atoms with Crippen molar-refractivity contribution < 1.29 is 19.4 Å². The van der Waals surface area contributed by atoms with E-state index in [-0.39, 0.29) is 12.4 Å². The van der Waals surface area contributed by atoms with E-state index in [9.17, 15) is 9.90 Å². The third-order valence-corrected chi connectivity index (χ3v) is 6.37. The summed E-state index contributed by atoms with van der Waals surface area (Å²) in [7, 11) is 0. The molecule has 0 aliphatic heterocycles. The second-order valence-corrected chi connectivity index (χ2v) is 8.78. The largest absolute Gasteiger partial charge is 0.481 e. The highest BCUT2D eigenvalue weighted by molar-refractivity contribution is 7.20. The Bertz CT molecular complexity index is 1300. The van der Waals surface area contributed by atoms with Crippen LogP contribution < -0.4 is 15.8 Å². The minimum absolute atomic E-state index is 0.00393. The Labute approximate surface area is 201 Å². The van der Waals surface area contributed by atoms with Gasteiger partial charge in [-0.25, -0.2) is 4.79 Å². The second-order valence-electron chi connectivity index (χ2n) is 7.70. The number of fused-ring (bicyclic) bond motifs is 1. The highest BCUT2D eigenvalue weighted by Gasteiger charge is 2.19. The monoisotopic (exact) mass is 475 g/mol. The fraction of sp³-hybridized carbons (Fsp3) is 0.154. The zero-order chi connectivity index (χ0) is 24.1. The number of amides is 1. The number of para-hydroxylation sites is 1. The highest BCUT2D eigenvalue weighted by atomic mass is 32.1. The van der Waals surface area contributed by atoms with Crippen molar-refractivity contribution in [2.24, 2.45) is 5.73 Å². The van der Waals surface area contributed by atoms with Crippen LogP contribution in [0.1, 0.15) is 35.1 Å². The number of aliphatic hydroxyl groups excluding tert-OH is 1. The molecule has 4 aromatic rings. The van der Waals surface area contributed by atoms with Crippen molar-refractivity contribution in [3.63, 3.8) is 0 Å². The Hall–Kier alpha value is -3.88. The number of aliphatic hydroxyl groups is 1. The van der Waals surface area contributed by atoms with Crippen molar-refractivity contribution in [2.45, 2.75) is 19.1 Å². The van der Waals surface area contributed by atoms with Gasteiger partial charge in [0.25, 0.3) is 0 Å². The molecule has 0 saturated heterocycles. The van der Waals surface area contributed by atoms with Gasteiger partial charge in [0.2, 0.25) is 0 Å². The summed E-state index contributed by atoms with van der Waals surface area (Å²) < 4.78 is 12.8. The van der Waals surface area contributed by atoms with Crippen LogP contribution in [-0.4, -0.2) is 23.6 Å². The van der Waals surface area contributed by atoms with Crippen LogP contribution in [0.3, 0.4) is 0 Å². The number of amidine groups is 1. The van der Waals surface area contributed by atoms with Crippen LogP contribution in [-0.2, 0) is 4.74 Å². The Kier molecular flexibility index (Phi) is 7.10. The maximum absolute atomic E-state index is 12.6. The number of benzene rings is 3. The number of thiophene rings is 1. The fourth-order valence-corrected chi connectivity index (χ4v) is 4.50.